The number of rotatable bonds is 6. The molecule has 2 amide bonds. The molecule has 0 radical (unpaired) electrons. The molecule has 150 valence electrons. The van der Waals surface area contributed by atoms with Crippen LogP contribution < -0.4 is 15.4 Å². The average Bonchev–Trinajstić information content (AvgIpc) is 3.42. The summed E-state index contributed by atoms with van der Waals surface area (Å²) in [5, 5.41) is 5.96. The maximum atomic E-state index is 13.4. The highest BCUT2D eigenvalue weighted by Crippen LogP contribution is 2.31. The van der Waals surface area contributed by atoms with E-state index in [1.807, 2.05) is 0 Å². The Hall–Kier alpha value is -3.91. The molecule has 0 aliphatic rings. The summed E-state index contributed by atoms with van der Waals surface area (Å²) >= 11 is 1.12. The number of ether oxygens (including phenoxy) is 1. The molecule has 0 spiro atoms. The van der Waals surface area contributed by atoms with E-state index in [-0.39, 0.29) is 11.7 Å². The van der Waals surface area contributed by atoms with Gasteiger partial charge in [0, 0.05) is 6.07 Å². The smallest absolute Gasteiger partial charge is 0.291 e. The van der Waals surface area contributed by atoms with Crippen molar-refractivity contribution in [2.45, 2.75) is 0 Å². The Bertz CT molecular complexity index is 1190. The predicted molar refractivity (Wildman–Crippen MR) is 112 cm³/mol. The Morgan fingerprint density at radius 1 is 0.900 bits per heavy atom. The first-order chi connectivity index (χ1) is 14.6. The average molecular weight is 422 g/mol. The number of thiophene rings is 1. The van der Waals surface area contributed by atoms with Gasteiger partial charge in [-0.2, -0.15) is 0 Å². The zero-order valence-corrected chi connectivity index (χ0v) is 16.2. The summed E-state index contributed by atoms with van der Waals surface area (Å²) in [5.41, 5.74) is 0.432. The van der Waals surface area contributed by atoms with Crippen molar-refractivity contribution >= 4 is 33.8 Å². The molecule has 0 unspecified atom stereocenters. The van der Waals surface area contributed by atoms with Crippen LogP contribution >= 0.6 is 11.3 Å². The Balaban J connectivity index is 1.46. The lowest BCUT2D eigenvalue weighted by atomic mass is 10.2. The van der Waals surface area contributed by atoms with Gasteiger partial charge in [0.2, 0.25) is 0 Å². The topological polar surface area (TPSA) is 80.6 Å². The van der Waals surface area contributed by atoms with Crippen molar-refractivity contribution in [2.75, 3.05) is 10.6 Å². The van der Waals surface area contributed by atoms with E-state index < -0.39 is 11.7 Å². The van der Waals surface area contributed by atoms with Crippen molar-refractivity contribution in [3.8, 4) is 11.5 Å². The Morgan fingerprint density at radius 3 is 2.57 bits per heavy atom. The van der Waals surface area contributed by atoms with E-state index in [1.165, 1.54) is 24.5 Å². The van der Waals surface area contributed by atoms with E-state index in [9.17, 15) is 14.0 Å². The van der Waals surface area contributed by atoms with Crippen molar-refractivity contribution in [1.82, 2.24) is 0 Å². The number of nitrogens with one attached hydrogen (secondary N) is 2. The standard InChI is InChI=1S/C22H15FN2O4S/c23-14-5-3-6-15(13-14)29-17-8-2-1-7-16(17)24-22(27)19-10-11-20(30-19)25-21(26)18-9-4-12-28-18/h1-13H,(H,24,27)(H,25,26). The lowest BCUT2D eigenvalue weighted by Crippen LogP contribution is -2.11. The largest absolute Gasteiger partial charge is 0.459 e. The third kappa shape index (κ3) is 4.56. The molecule has 30 heavy (non-hydrogen) atoms. The van der Waals surface area contributed by atoms with Crippen LogP contribution in [0.1, 0.15) is 20.2 Å². The zero-order chi connectivity index (χ0) is 20.9. The normalized spacial score (nSPS) is 10.4. The van der Waals surface area contributed by atoms with Gasteiger partial charge < -0.3 is 19.8 Å². The number of carbonyl (C=O) groups excluding carboxylic acids is 2. The quantitative estimate of drug-likeness (QED) is 0.413. The molecule has 0 bridgehead atoms. The second-order valence-electron chi connectivity index (χ2n) is 6.11. The number of furan rings is 1. The van der Waals surface area contributed by atoms with Crippen LogP contribution in [0.2, 0.25) is 0 Å². The second kappa shape index (κ2) is 8.62. The van der Waals surface area contributed by atoms with Gasteiger partial charge in [-0.3, -0.25) is 9.59 Å². The fourth-order valence-corrected chi connectivity index (χ4v) is 3.41. The molecular weight excluding hydrogens is 407 g/mol. The van der Waals surface area contributed by atoms with Gasteiger partial charge in [-0.05, 0) is 48.5 Å². The van der Waals surface area contributed by atoms with Crippen LogP contribution in [0.25, 0.3) is 0 Å². The summed E-state index contributed by atoms with van der Waals surface area (Å²) in [4.78, 5) is 25.1. The second-order valence-corrected chi connectivity index (χ2v) is 7.19. The maximum absolute atomic E-state index is 13.4. The first kappa shape index (κ1) is 19.4. The highest BCUT2D eigenvalue weighted by Gasteiger charge is 2.15. The van der Waals surface area contributed by atoms with Crippen LogP contribution in [0.5, 0.6) is 11.5 Å². The number of halogens is 1. The molecule has 0 atom stereocenters. The number of carbonyl (C=O) groups is 2. The molecule has 4 rings (SSSR count). The molecule has 0 saturated heterocycles. The van der Waals surface area contributed by atoms with E-state index in [0.29, 0.717) is 27.1 Å². The van der Waals surface area contributed by atoms with Gasteiger partial charge in [-0.15, -0.1) is 11.3 Å². The van der Waals surface area contributed by atoms with Crippen LogP contribution in [-0.2, 0) is 0 Å². The maximum Gasteiger partial charge on any atom is 0.291 e. The van der Waals surface area contributed by atoms with Crippen molar-refractivity contribution in [2.24, 2.45) is 0 Å². The molecule has 0 fully saturated rings. The van der Waals surface area contributed by atoms with Gasteiger partial charge >= 0.3 is 0 Å². The fraction of sp³-hybridized carbons (Fsp3) is 0. The van der Waals surface area contributed by atoms with E-state index in [1.54, 1.807) is 54.6 Å². The number of anilines is 2. The number of amides is 2. The molecule has 2 aromatic carbocycles. The number of para-hydroxylation sites is 2. The summed E-state index contributed by atoms with van der Waals surface area (Å²) < 4.78 is 24.2. The van der Waals surface area contributed by atoms with Gasteiger partial charge in [0.25, 0.3) is 11.8 Å². The summed E-state index contributed by atoms with van der Waals surface area (Å²) in [7, 11) is 0. The molecule has 2 aromatic heterocycles. The van der Waals surface area contributed by atoms with Gasteiger partial charge in [0.1, 0.15) is 11.6 Å². The molecule has 0 aliphatic heterocycles. The molecule has 0 aliphatic carbocycles. The van der Waals surface area contributed by atoms with Gasteiger partial charge in [-0.25, -0.2) is 4.39 Å². The summed E-state index contributed by atoms with van der Waals surface area (Å²) in [6.07, 6.45) is 1.41. The zero-order valence-electron chi connectivity index (χ0n) is 15.4. The molecule has 2 heterocycles. The number of hydrogen-bond donors (Lipinski definition) is 2. The number of benzene rings is 2. The minimum Gasteiger partial charge on any atom is -0.459 e. The first-order valence-electron chi connectivity index (χ1n) is 8.87. The molecule has 0 saturated carbocycles. The van der Waals surface area contributed by atoms with Crippen molar-refractivity contribution in [3.63, 3.8) is 0 Å². The SMILES string of the molecule is O=C(Nc1ccc(C(=O)Nc2ccccc2Oc2cccc(F)c2)s1)c1ccco1. The highest BCUT2D eigenvalue weighted by atomic mass is 32.1. The lowest BCUT2D eigenvalue weighted by molar-refractivity contribution is 0.0995. The summed E-state index contributed by atoms with van der Waals surface area (Å²) in [6.45, 7) is 0. The lowest BCUT2D eigenvalue weighted by Gasteiger charge is -2.11. The minimum atomic E-state index is -0.420. The first-order valence-corrected chi connectivity index (χ1v) is 9.68. The molecule has 8 heteroatoms. The van der Waals surface area contributed by atoms with Gasteiger partial charge in [0.05, 0.1) is 21.8 Å². The fourth-order valence-electron chi connectivity index (χ4n) is 2.61. The minimum absolute atomic E-state index is 0.179. The summed E-state index contributed by atoms with van der Waals surface area (Å²) in [6, 6.07) is 19.0. The third-order valence-corrected chi connectivity index (χ3v) is 4.97. The van der Waals surface area contributed by atoms with Gasteiger partial charge in [0.15, 0.2) is 11.5 Å². The highest BCUT2D eigenvalue weighted by molar-refractivity contribution is 7.18. The predicted octanol–water partition coefficient (Wildman–Crippen LogP) is 5.78. The molecule has 6 nitrogen and oxygen atoms in total. The monoisotopic (exact) mass is 422 g/mol. The van der Waals surface area contributed by atoms with Crippen LogP contribution in [0.4, 0.5) is 15.1 Å². The summed E-state index contributed by atoms with van der Waals surface area (Å²) in [5.74, 6) is -0.318. The molecular formula is C22H15FN2O4S. The Labute approximate surface area is 174 Å². The van der Waals surface area contributed by atoms with E-state index in [0.717, 1.165) is 11.3 Å². The van der Waals surface area contributed by atoms with Crippen LogP contribution in [0, 0.1) is 5.82 Å². The van der Waals surface area contributed by atoms with Crippen LogP contribution in [-0.4, -0.2) is 11.8 Å². The van der Waals surface area contributed by atoms with Crippen LogP contribution in [0.3, 0.4) is 0 Å². The van der Waals surface area contributed by atoms with Crippen LogP contribution in [0.15, 0.2) is 83.5 Å². The van der Waals surface area contributed by atoms with Crippen molar-refractivity contribution in [3.05, 3.63) is 95.5 Å². The van der Waals surface area contributed by atoms with E-state index in [2.05, 4.69) is 10.6 Å². The molecule has 2 N–H and O–H groups in total. The van der Waals surface area contributed by atoms with Crippen molar-refractivity contribution in [1.29, 1.82) is 0 Å². The third-order valence-electron chi connectivity index (χ3n) is 3.97. The van der Waals surface area contributed by atoms with Gasteiger partial charge in [-0.1, -0.05) is 18.2 Å². The Morgan fingerprint density at radius 2 is 1.77 bits per heavy atom. The number of hydrogen-bond acceptors (Lipinski definition) is 5. The molecule has 4 aromatic rings. The van der Waals surface area contributed by atoms with E-state index >= 15 is 0 Å². The van der Waals surface area contributed by atoms with Crippen molar-refractivity contribution < 1.29 is 23.1 Å². The Kier molecular flexibility index (Phi) is 5.58. The van der Waals surface area contributed by atoms with E-state index in [4.69, 9.17) is 9.15 Å².